The Labute approximate surface area is 136 Å². The van der Waals surface area contributed by atoms with Crippen LogP contribution in [0, 0.1) is 23.7 Å². The van der Waals surface area contributed by atoms with Crippen molar-refractivity contribution in [1.29, 1.82) is 5.26 Å². The molecule has 1 fully saturated rings. The Bertz CT molecular complexity index is 605. The second-order valence-electron chi connectivity index (χ2n) is 6.34. The lowest BCUT2D eigenvalue weighted by atomic mass is 10.0. The van der Waals surface area contributed by atoms with E-state index >= 15 is 0 Å². The van der Waals surface area contributed by atoms with Gasteiger partial charge in [0.2, 0.25) is 5.91 Å². The predicted octanol–water partition coefficient (Wildman–Crippen LogP) is 2.60. The Morgan fingerprint density at radius 3 is 2.73 bits per heavy atom. The van der Waals surface area contributed by atoms with E-state index in [1.807, 2.05) is 26.0 Å². The molecule has 0 aromatic heterocycles. The Morgan fingerprint density at radius 2 is 2.23 bits per heavy atom. The van der Waals surface area contributed by atoms with Crippen LogP contribution in [-0.4, -0.2) is 34.4 Å². The number of nitriles is 1. The van der Waals surface area contributed by atoms with Gasteiger partial charge in [0.25, 0.3) is 0 Å². The highest BCUT2D eigenvalue weighted by molar-refractivity contribution is 6.27. The average molecular weight is 321 g/mol. The predicted molar refractivity (Wildman–Crippen MR) is 85.4 cm³/mol. The summed E-state index contributed by atoms with van der Waals surface area (Å²) in [6, 6.07) is 7.62. The van der Waals surface area contributed by atoms with Gasteiger partial charge in [-0.05, 0) is 42.4 Å². The molecule has 0 saturated heterocycles. The minimum absolute atomic E-state index is 0.0641. The molecular formula is C17H21ClN2O2. The summed E-state index contributed by atoms with van der Waals surface area (Å²) in [5.41, 5.74) is 2.38. The molecule has 1 aliphatic carbocycles. The molecule has 2 rings (SSSR count). The molecule has 0 radical (unpaired) electrons. The standard InChI is InChI=1S/C17H21ClN2O2/c1-12-7-13(3-4-14(12)9-19)10-20(16(22)8-18)11-15(21)17(2)5-6-17/h3-4,7,15,21H,5-6,8,10-11H2,1-2H3. The number of aryl methyl sites for hydroxylation is 1. The SMILES string of the molecule is Cc1cc(CN(CC(O)C2(C)CC2)C(=O)CCl)ccc1C#N. The first-order valence-corrected chi connectivity index (χ1v) is 7.94. The highest BCUT2D eigenvalue weighted by Crippen LogP contribution is 2.48. The van der Waals surface area contributed by atoms with E-state index in [1.165, 1.54) is 0 Å². The molecule has 1 unspecified atom stereocenters. The molecule has 22 heavy (non-hydrogen) atoms. The number of halogens is 1. The molecule has 0 heterocycles. The lowest BCUT2D eigenvalue weighted by Crippen LogP contribution is -2.40. The number of aliphatic hydroxyl groups is 1. The molecule has 5 heteroatoms. The Morgan fingerprint density at radius 1 is 1.55 bits per heavy atom. The van der Waals surface area contributed by atoms with Crippen molar-refractivity contribution in [3.8, 4) is 6.07 Å². The van der Waals surface area contributed by atoms with Crippen LogP contribution in [0.2, 0.25) is 0 Å². The molecule has 1 aromatic rings. The lowest BCUT2D eigenvalue weighted by molar-refractivity contribution is -0.131. The number of benzene rings is 1. The fraction of sp³-hybridized carbons (Fsp3) is 0.529. The number of alkyl halides is 1. The maximum atomic E-state index is 12.0. The van der Waals surface area contributed by atoms with Gasteiger partial charge in [0.05, 0.1) is 17.7 Å². The average Bonchev–Trinajstić information content (AvgIpc) is 3.25. The summed E-state index contributed by atoms with van der Waals surface area (Å²) < 4.78 is 0. The zero-order valence-corrected chi connectivity index (χ0v) is 13.7. The number of aliphatic hydroxyl groups excluding tert-OH is 1. The zero-order chi connectivity index (χ0) is 16.3. The van der Waals surface area contributed by atoms with Gasteiger partial charge in [-0.1, -0.05) is 19.1 Å². The van der Waals surface area contributed by atoms with E-state index in [0.717, 1.165) is 24.0 Å². The van der Waals surface area contributed by atoms with Gasteiger partial charge in [-0.3, -0.25) is 4.79 Å². The van der Waals surface area contributed by atoms with Gasteiger partial charge in [0.1, 0.15) is 5.88 Å². The molecule has 0 spiro atoms. The summed E-state index contributed by atoms with van der Waals surface area (Å²) in [6.45, 7) is 4.59. The van der Waals surface area contributed by atoms with Crippen molar-refractivity contribution in [2.24, 2.45) is 5.41 Å². The molecular weight excluding hydrogens is 300 g/mol. The van der Waals surface area contributed by atoms with Gasteiger partial charge in [-0.2, -0.15) is 5.26 Å². The number of carbonyl (C=O) groups is 1. The molecule has 0 bridgehead atoms. The molecule has 1 saturated carbocycles. The summed E-state index contributed by atoms with van der Waals surface area (Å²) in [7, 11) is 0. The van der Waals surface area contributed by atoms with Crippen LogP contribution >= 0.6 is 11.6 Å². The molecule has 1 aromatic carbocycles. The van der Waals surface area contributed by atoms with Crippen LogP contribution in [0.4, 0.5) is 0 Å². The maximum Gasteiger partial charge on any atom is 0.237 e. The van der Waals surface area contributed by atoms with Crippen molar-refractivity contribution >= 4 is 17.5 Å². The van der Waals surface area contributed by atoms with Crippen molar-refractivity contribution in [3.05, 3.63) is 34.9 Å². The smallest absolute Gasteiger partial charge is 0.237 e. The monoisotopic (exact) mass is 320 g/mol. The van der Waals surface area contributed by atoms with E-state index in [2.05, 4.69) is 6.07 Å². The topological polar surface area (TPSA) is 64.3 Å². The number of hydrogen-bond acceptors (Lipinski definition) is 3. The molecule has 1 amide bonds. The fourth-order valence-corrected chi connectivity index (χ4v) is 2.64. The van der Waals surface area contributed by atoms with Crippen LogP contribution in [-0.2, 0) is 11.3 Å². The van der Waals surface area contributed by atoms with Crippen LogP contribution in [0.25, 0.3) is 0 Å². The van der Waals surface area contributed by atoms with Crippen LogP contribution in [0.1, 0.15) is 36.5 Å². The van der Waals surface area contributed by atoms with E-state index in [1.54, 1.807) is 11.0 Å². The largest absolute Gasteiger partial charge is 0.391 e. The summed E-state index contributed by atoms with van der Waals surface area (Å²) >= 11 is 5.69. The third-order valence-corrected chi connectivity index (χ3v) is 4.72. The van der Waals surface area contributed by atoms with Crippen molar-refractivity contribution in [2.75, 3.05) is 12.4 Å². The van der Waals surface area contributed by atoms with Crippen molar-refractivity contribution < 1.29 is 9.90 Å². The normalized spacial score (nSPS) is 16.7. The first-order chi connectivity index (χ1) is 10.4. The van der Waals surface area contributed by atoms with Gasteiger partial charge in [0.15, 0.2) is 0 Å². The first kappa shape index (κ1) is 16.8. The van der Waals surface area contributed by atoms with E-state index < -0.39 is 6.10 Å². The molecule has 118 valence electrons. The summed E-state index contributed by atoms with van der Waals surface area (Å²) in [4.78, 5) is 13.6. The Balaban J connectivity index is 2.11. The Kier molecular flexibility index (Phi) is 5.10. The second kappa shape index (κ2) is 6.68. The van der Waals surface area contributed by atoms with Gasteiger partial charge in [-0.25, -0.2) is 0 Å². The van der Waals surface area contributed by atoms with Crippen LogP contribution < -0.4 is 0 Å². The van der Waals surface area contributed by atoms with E-state index in [0.29, 0.717) is 18.7 Å². The van der Waals surface area contributed by atoms with Crippen LogP contribution in [0.5, 0.6) is 0 Å². The van der Waals surface area contributed by atoms with Gasteiger partial charge in [-0.15, -0.1) is 11.6 Å². The van der Waals surface area contributed by atoms with Crippen LogP contribution in [0.3, 0.4) is 0 Å². The van der Waals surface area contributed by atoms with E-state index in [4.69, 9.17) is 16.9 Å². The second-order valence-corrected chi connectivity index (χ2v) is 6.61. The molecule has 4 nitrogen and oxygen atoms in total. The molecule has 1 atom stereocenters. The highest BCUT2D eigenvalue weighted by atomic mass is 35.5. The number of amides is 1. The Hall–Kier alpha value is -1.57. The van der Waals surface area contributed by atoms with Gasteiger partial charge < -0.3 is 10.0 Å². The summed E-state index contributed by atoms with van der Waals surface area (Å²) in [5, 5.41) is 19.3. The molecule has 0 aliphatic heterocycles. The van der Waals surface area contributed by atoms with E-state index in [9.17, 15) is 9.90 Å². The number of hydrogen-bond donors (Lipinski definition) is 1. The summed E-state index contributed by atoms with van der Waals surface area (Å²) in [5.74, 6) is -0.286. The lowest BCUT2D eigenvalue weighted by Gasteiger charge is -2.28. The van der Waals surface area contributed by atoms with Crippen molar-refractivity contribution in [1.82, 2.24) is 4.90 Å². The first-order valence-electron chi connectivity index (χ1n) is 7.41. The third kappa shape index (κ3) is 3.79. The number of rotatable bonds is 6. The minimum Gasteiger partial charge on any atom is -0.391 e. The van der Waals surface area contributed by atoms with Gasteiger partial charge in [0, 0.05) is 13.1 Å². The maximum absolute atomic E-state index is 12.0. The van der Waals surface area contributed by atoms with Crippen LogP contribution in [0.15, 0.2) is 18.2 Å². The molecule has 1 aliphatic rings. The molecule has 1 N–H and O–H groups in total. The summed E-state index contributed by atoms with van der Waals surface area (Å²) in [6.07, 6.45) is 1.46. The minimum atomic E-state index is -0.529. The van der Waals surface area contributed by atoms with Crippen molar-refractivity contribution in [2.45, 2.75) is 39.3 Å². The number of carbonyl (C=O) groups excluding carboxylic acids is 1. The quantitative estimate of drug-likeness (QED) is 0.819. The van der Waals surface area contributed by atoms with Gasteiger partial charge >= 0.3 is 0 Å². The van der Waals surface area contributed by atoms with E-state index in [-0.39, 0.29) is 17.2 Å². The zero-order valence-electron chi connectivity index (χ0n) is 13.0. The fourth-order valence-electron chi connectivity index (χ4n) is 2.47. The highest BCUT2D eigenvalue weighted by Gasteiger charge is 2.44. The number of nitrogens with zero attached hydrogens (tertiary/aromatic N) is 2. The third-order valence-electron chi connectivity index (χ3n) is 4.49. The van der Waals surface area contributed by atoms with Crippen molar-refractivity contribution in [3.63, 3.8) is 0 Å².